The van der Waals surface area contributed by atoms with Gasteiger partial charge in [-0.25, -0.2) is 13.1 Å². The smallest absolute Gasteiger partial charge is 0.225 e. The molecular weight excluding hydrogens is 324 g/mol. The highest BCUT2D eigenvalue weighted by atomic mass is 35.5. The van der Waals surface area contributed by atoms with Crippen molar-refractivity contribution in [1.29, 1.82) is 0 Å². The van der Waals surface area contributed by atoms with Gasteiger partial charge < -0.3 is 4.90 Å². The van der Waals surface area contributed by atoms with Crippen LogP contribution in [0.5, 0.6) is 0 Å². The number of nitrogens with zero attached hydrogens (tertiary/aromatic N) is 1. The maximum absolute atomic E-state index is 12.5. The largest absolute Gasteiger partial charge is 0.341 e. The first kappa shape index (κ1) is 17.2. The normalized spacial score (nSPS) is 20.1. The van der Waals surface area contributed by atoms with Gasteiger partial charge in [-0.3, -0.25) is 4.79 Å². The maximum atomic E-state index is 12.5. The molecule has 1 aromatic carbocycles. The van der Waals surface area contributed by atoms with Crippen molar-refractivity contribution in [2.24, 2.45) is 5.92 Å². The van der Waals surface area contributed by atoms with Gasteiger partial charge >= 0.3 is 0 Å². The van der Waals surface area contributed by atoms with Gasteiger partial charge in [-0.15, -0.1) is 0 Å². The molecule has 1 aliphatic rings. The minimum atomic E-state index is -3.32. The van der Waals surface area contributed by atoms with Crippen molar-refractivity contribution in [3.8, 4) is 0 Å². The predicted molar refractivity (Wildman–Crippen MR) is 87.3 cm³/mol. The van der Waals surface area contributed by atoms with Crippen LogP contribution in [0.3, 0.4) is 0 Å². The molecule has 1 saturated heterocycles. The van der Waals surface area contributed by atoms with Gasteiger partial charge in [-0.2, -0.15) is 0 Å². The van der Waals surface area contributed by atoms with Crippen molar-refractivity contribution in [2.45, 2.75) is 25.0 Å². The SMILES string of the molecule is CNS(=O)(=O)[C@H]1CCN(C(=O)[C@@H](C)Cc2cccc(Cl)c2)C1. The van der Waals surface area contributed by atoms with Gasteiger partial charge in [0.25, 0.3) is 0 Å². The second-order valence-electron chi connectivity index (χ2n) is 5.68. The van der Waals surface area contributed by atoms with E-state index < -0.39 is 15.3 Å². The molecule has 1 fully saturated rings. The molecule has 0 aliphatic carbocycles. The summed E-state index contributed by atoms with van der Waals surface area (Å²) in [4.78, 5) is 14.1. The fraction of sp³-hybridized carbons (Fsp3) is 0.533. The van der Waals surface area contributed by atoms with Gasteiger partial charge in [0.15, 0.2) is 0 Å². The molecule has 1 heterocycles. The molecule has 0 aromatic heterocycles. The van der Waals surface area contributed by atoms with Crippen molar-refractivity contribution in [3.05, 3.63) is 34.9 Å². The number of carbonyl (C=O) groups excluding carboxylic acids is 1. The van der Waals surface area contributed by atoms with Crippen molar-refractivity contribution >= 4 is 27.5 Å². The number of hydrogen-bond donors (Lipinski definition) is 1. The van der Waals surface area contributed by atoms with Crippen molar-refractivity contribution in [3.63, 3.8) is 0 Å². The molecule has 0 radical (unpaired) electrons. The van der Waals surface area contributed by atoms with Gasteiger partial charge in [0.1, 0.15) is 0 Å². The van der Waals surface area contributed by atoms with Crippen LogP contribution in [0.2, 0.25) is 5.02 Å². The number of halogens is 1. The van der Waals surface area contributed by atoms with Gasteiger partial charge in [0.05, 0.1) is 5.25 Å². The van der Waals surface area contributed by atoms with Crippen molar-refractivity contribution in [1.82, 2.24) is 9.62 Å². The Labute approximate surface area is 136 Å². The molecule has 0 bridgehead atoms. The summed E-state index contributed by atoms with van der Waals surface area (Å²) in [5.74, 6) is -0.205. The van der Waals surface area contributed by atoms with E-state index in [0.717, 1.165) is 5.56 Å². The molecule has 2 atom stereocenters. The average Bonchev–Trinajstić information content (AvgIpc) is 2.97. The lowest BCUT2D eigenvalue weighted by molar-refractivity contribution is -0.133. The van der Waals surface area contributed by atoms with E-state index in [0.29, 0.717) is 24.4 Å². The fourth-order valence-electron chi connectivity index (χ4n) is 2.76. The Kier molecular flexibility index (Phi) is 5.47. The molecule has 1 amide bonds. The number of amides is 1. The first-order chi connectivity index (χ1) is 10.3. The minimum absolute atomic E-state index is 0.00576. The molecule has 2 rings (SSSR count). The Morgan fingerprint density at radius 3 is 2.86 bits per heavy atom. The van der Waals surface area contributed by atoms with Crippen LogP contribution in [0.1, 0.15) is 18.9 Å². The zero-order valence-corrected chi connectivity index (χ0v) is 14.3. The van der Waals surface area contributed by atoms with E-state index in [1.54, 1.807) is 11.0 Å². The maximum Gasteiger partial charge on any atom is 0.225 e. The van der Waals surface area contributed by atoms with E-state index >= 15 is 0 Å². The van der Waals surface area contributed by atoms with Crippen LogP contribution in [0.15, 0.2) is 24.3 Å². The molecule has 122 valence electrons. The highest BCUT2D eigenvalue weighted by Crippen LogP contribution is 2.21. The standard InChI is InChI=1S/C15H21ClN2O3S/c1-11(8-12-4-3-5-13(16)9-12)15(19)18-7-6-14(10-18)22(20,21)17-2/h3-5,9,11,14,17H,6-8,10H2,1-2H3/t11-,14-/m0/s1. The molecule has 22 heavy (non-hydrogen) atoms. The Bertz CT molecular complexity index is 648. The van der Waals surface area contributed by atoms with E-state index in [1.807, 2.05) is 25.1 Å². The van der Waals surface area contributed by atoms with E-state index in [9.17, 15) is 13.2 Å². The molecular formula is C15H21ClN2O3S. The summed E-state index contributed by atoms with van der Waals surface area (Å²) in [6.45, 7) is 2.62. The Morgan fingerprint density at radius 2 is 2.23 bits per heavy atom. The lowest BCUT2D eigenvalue weighted by Gasteiger charge is -2.21. The Balaban J connectivity index is 1.97. The number of carbonyl (C=O) groups is 1. The summed E-state index contributed by atoms with van der Waals surface area (Å²) >= 11 is 5.95. The highest BCUT2D eigenvalue weighted by molar-refractivity contribution is 7.90. The summed E-state index contributed by atoms with van der Waals surface area (Å²) in [5.41, 5.74) is 1.01. The molecule has 0 unspecified atom stereocenters. The molecule has 5 nitrogen and oxygen atoms in total. The molecule has 1 aromatic rings. The van der Waals surface area contributed by atoms with Crippen LogP contribution in [0.4, 0.5) is 0 Å². The van der Waals surface area contributed by atoms with E-state index in [-0.39, 0.29) is 18.4 Å². The summed E-state index contributed by atoms with van der Waals surface area (Å²) < 4.78 is 25.9. The number of sulfonamides is 1. The van der Waals surface area contributed by atoms with Crippen LogP contribution in [0, 0.1) is 5.92 Å². The third kappa shape index (κ3) is 4.00. The minimum Gasteiger partial charge on any atom is -0.341 e. The van der Waals surface area contributed by atoms with Crippen LogP contribution < -0.4 is 4.72 Å². The monoisotopic (exact) mass is 344 g/mol. The second kappa shape index (κ2) is 6.98. The third-order valence-electron chi connectivity index (χ3n) is 4.03. The Morgan fingerprint density at radius 1 is 1.50 bits per heavy atom. The Hall–Kier alpha value is -1.11. The number of nitrogens with one attached hydrogen (secondary N) is 1. The quantitative estimate of drug-likeness (QED) is 0.883. The average molecular weight is 345 g/mol. The summed E-state index contributed by atoms with van der Waals surface area (Å²) in [6, 6.07) is 7.45. The number of likely N-dealkylation sites (tertiary alicyclic amines) is 1. The van der Waals surface area contributed by atoms with Gasteiger partial charge in [0.2, 0.25) is 15.9 Å². The summed E-state index contributed by atoms with van der Waals surface area (Å²) in [7, 11) is -1.91. The summed E-state index contributed by atoms with van der Waals surface area (Å²) in [6.07, 6.45) is 1.08. The number of hydrogen-bond acceptors (Lipinski definition) is 3. The number of benzene rings is 1. The second-order valence-corrected chi connectivity index (χ2v) is 8.28. The van der Waals surface area contributed by atoms with Crippen LogP contribution in [-0.4, -0.2) is 44.6 Å². The fourth-order valence-corrected chi connectivity index (χ4v) is 4.10. The van der Waals surface area contributed by atoms with E-state index in [2.05, 4.69) is 4.72 Å². The zero-order chi connectivity index (χ0) is 16.3. The molecule has 0 spiro atoms. The zero-order valence-electron chi connectivity index (χ0n) is 12.8. The van der Waals surface area contributed by atoms with Gasteiger partial charge in [0, 0.05) is 24.0 Å². The van der Waals surface area contributed by atoms with Gasteiger partial charge in [-0.05, 0) is 37.6 Å². The third-order valence-corrected chi connectivity index (χ3v) is 6.10. The van der Waals surface area contributed by atoms with Crippen molar-refractivity contribution in [2.75, 3.05) is 20.1 Å². The molecule has 1 aliphatic heterocycles. The van der Waals surface area contributed by atoms with Crippen LogP contribution >= 0.6 is 11.6 Å². The predicted octanol–water partition coefficient (Wildman–Crippen LogP) is 1.67. The first-order valence-corrected chi connectivity index (χ1v) is 9.21. The van der Waals surface area contributed by atoms with E-state index in [1.165, 1.54) is 7.05 Å². The lowest BCUT2D eigenvalue weighted by Crippen LogP contribution is -2.38. The molecule has 1 N–H and O–H groups in total. The number of rotatable bonds is 5. The first-order valence-electron chi connectivity index (χ1n) is 7.29. The lowest BCUT2D eigenvalue weighted by atomic mass is 10.00. The molecule has 7 heteroatoms. The topological polar surface area (TPSA) is 66.5 Å². The molecule has 0 saturated carbocycles. The summed E-state index contributed by atoms with van der Waals surface area (Å²) in [5, 5.41) is 0.137. The van der Waals surface area contributed by atoms with Crippen molar-refractivity contribution < 1.29 is 13.2 Å². The highest BCUT2D eigenvalue weighted by Gasteiger charge is 2.35. The van der Waals surface area contributed by atoms with Crippen LogP contribution in [0.25, 0.3) is 0 Å². The van der Waals surface area contributed by atoms with Crippen LogP contribution in [-0.2, 0) is 21.2 Å². The van der Waals surface area contributed by atoms with E-state index in [4.69, 9.17) is 11.6 Å². The van der Waals surface area contributed by atoms with Gasteiger partial charge in [-0.1, -0.05) is 30.7 Å².